The molecule has 1 amide bonds. The quantitative estimate of drug-likeness (QED) is 0.862. The maximum Gasteiger partial charge on any atom is 0.293 e. The number of aromatic nitrogens is 1. The van der Waals surface area contributed by atoms with Crippen LogP contribution in [0.1, 0.15) is 40.7 Å². The first kappa shape index (κ1) is 12.5. The minimum absolute atomic E-state index is 0.127. The fourth-order valence-electron chi connectivity index (χ4n) is 1.34. The molecule has 2 aromatic rings. The fourth-order valence-corrected chi connectivity index (χ4v) is 2.09. The molecule has 2 aromatic heterocycles. The lowest BCUT2D eigenvalue weighted by Gasteiger charge is -1.97. The van der Waals surface area contributed by atoms with E-state index in [4.69, 9.17) is 4.42 Å². The van der Waals surface area contributed by atoms with Crippen LogP contribution in [0.5, 0.6) is 0 Å². The van der Waals surface area contributed by atoms with E-state index in [9.17, 15) is 9.59 Å². The number of nitrogens with one attached hydrogen (secondary N) is 1. The number of ketones is 1. The average molecular weight is 264 g/mol. The molecule has 0 unspecified atom stereocenters. The van der Waals surface area contributed by atoms with Crippen molar-refractivity contribution >= 4 is 28.2 Å². The van der Waals surface area contributed by atoms with Gasteiger partial charge < -0.3 is 4.42 Å². The van der Waals surface area contributed by atoms with E-state index in [2.05, 4.69) is 10.3 Å². The van der Waals surface area contributed by atoms with Crippen molar-refractivity contribution < 1.29 is 14.0 Å². The van der Waals surface area contributed by atoms with Gasteiger partial charge >= 0.3 is 0 Å². The van der Waals surface area contributed by atoms with Crippen LogP contribution in [0.15, 0.2) is 21.9 Å². The number of rotatable bonds is 4. The average Bonchev–Trinajstić information content (AvgIpc) is 2.96. The summed E-state index contributed by atoms with van der Waals surface area (Å²) in [6.07, 6.45) is 0.735. The minimum Gasteiger partial charge on any atom is -0.456 e. The minimum atomic E-state index is -0.362. The number of hydrogen-bond donors (Lipinski definition) is 1. The Morgan fingerprint density at radius 2 is 2.22 bits per heavy atom. The van der Waals surface area contributed by atoms with Crippen LogP contribution in [0.4, 0.5) is 5.13 Å². The maximum absolute atomic E-state index is 11.8. The molecular formula is C12H12N2O3S. The predicted octanol–water partition coefficient (Wildman–Crippen LogP) is 2.75. The predicted molar refractivity (Wildman–Crippen MR) is 68.2 cm³/mol. The second-order valence-electron chi connectivity index (χ2n) is 3.67. The van der Waals surface area contributed by atoms with Crippen molar-refractivity contribution in [3.05, 3.63) is 34.7 Å². The zero-order chi connectivity index (χ0) is 13.1. The van der Waals surface area contributed by atoms with Crippen LogP contribution in [0.2, 0.25) is 0 Å². The van der Waals surface area contributed by atoms with E-state index < -0.39 is 0 Å². The number of carbonyl (C=O) groups excluding carboxylic acids is 2. The van der Waals surface area contributed by atoms with Crippen molar-refractivity contribution in [2.24, 2.45) is 0 Å². The highest BCUT2D eigenvalue weighted by Gasteiger charge is 2.13. The number of furan rings is 1. The lowest BCUT2D eigenvalue weighted by molar-refractivity contribution is 0.0989. The summed E-state index contributed by atoms with van der Waals surface area (Å²) >= 11 is 1.21. The topological polar surface area (TPSA) is 72.2 Å². The van der Waals surface area contributed by atoms with Gasteiger partial charge in [0.1, 0.15) is 11.5 Å². The lowest BCUT2D eigenvalue weighted by Crippen LogP contribution is -2.10. The molecule has 0 spiro atoms. The standard InChI is InChI=1S/C12H12N2O3S/c1-3-8-4-5-10(17-8)11(16)14-12-13-9(6-18-12)7(2)15/h4-6H,3H2,1-2H3,(H,13,14,16). The molecule has 5 nitrogen and oxygen atoms in total. The number of carbonyl (C=O) groups is 2. The first-order valence-corrected chi connectivity index (χ1v) is 6.34. The van der Waals surface area contributed by atoms with E-state index in [-0.39, 0.29) is 17.5 Å². The number of nitrogens with zero attached hydrogens (tertiary/aromatic N) is 1. The molecule has 6 heteroatoms. The summed E-state index contributed by atoms with van der Waals surface area (Å²) in [6.45, 7) is 3.38. The molecule has 0 aliphatic carbocycles. The summed E-state index contributed by atoms with van der Waals surface area (Å²) in [5.41, 5.74) is 0.351. The van der Waals surface area contributed by atoms with Crippen molar-refractivity contribution in [3.63, 3.8) is 0 Å². The Bertz CT molecular complexity index is 586. The smallest absolute Gasteiger partial charge is 0.293 e. The fraction of sp³-hybridized carbons (Fsp3) is 0.250. The van der Waals surface area contributed by atoms with Gasteiger partial charge in [0.2, 0.25) is 0 Å². The summed E-state index contributed by atoms with van der Waals surface area (Å²) in [5.74, 6) is 0.507. The molecule has 18 heavy (non-hydrogen) atoms. The lowest BCUT2D eigenvalue weighted by atomic mass is 10.3. The van der Waals surface area contributed by atoms with E-state index >= 15 is 0 Å². The molecule has 2 rings (SSSR count). The Morgan fingerprint density at radius 3 is 2.78 bits per heavy atom. The third kappa shape index (κ3) is 2.65. The van der Waals surface area contributed by atoms with E-state index in [1.165, 1.54) is 18.3 Å². The first-order chi connectivity index (χ1) is 8.60. The monoisotopic (exact) mass is 264 g/mol. The maximum atomic E-state index is 11.8. The van der Waals surface area contributed by atoms with Crippen molar-refractivity contribution in [1.29, 1.82) is 0 Å². The summed E-state index contributed by atoms with van der Waals surface area (Å²) in [4.78, 5) is 26.9. The van der Waals surface area contributed by atoms with Gasteiger partial charge in [-0.15, -0.1) is 11.3 Å². The number of hydrogen-bond acceptors (Lipinski definition) is 5. The van der Waals surface area contributed by atoms with Gasteiger partial charge in [0.05, 0.1) is 0 Å². The van der Waals surface area contributed by atoms with Gasteiger partial charge in [-0.05, 0) is 12.1 Å². The zero-order valence-electron chi connectivity index (χ0n) is 10.0. The van der Waals surface area contributed by atoms with Crippen LogP contribution in [-0.2, 0) is 6.42 Å². The van der Waals surface area contributed by atoms with Gasteiger partial charge in [-0.1, -0.05) is 6.92 Å². The molecular weight excluding hydrogens is 252 g/mol. The second-order valence-corrected chi connectivity index (χ2v) is 4.53. The van der Waals surface area contributed by atoms with Crippen LogP contribution in [0.25, 0.3) is 0 Å². The normalized spacial score (nSPS) is 10.3. The van der Waals surface area contributed by atoms with Crippen LogP contribution >= 0.6 is 11.3 Å². The van der Waals surface area contributed by atoms with E-state index in [1.807, 2.05) is 6.92 Å². The Kier molecular flexibility index (Phi) is 3.57. The Hall–Kier alpha value is -1.95. The molecule has 0 aliphatic heterocycles. The molecule has 0 aromatic carbocycles. The van der Waals surface area contributed by atoms with Gasteiger partial charge in [-0.2, -0.15) is 0 Å². The highest BCUT2D eigenvalue weighted by molar-refractivity contribution is 7.14. The molecule has 1 N–H and O–H groups in total. The van der Waals surface area contributed by atoms with E-state index in [0.29, 0.717) is 10.8 Å². The van der Waals surface area contributed by atoms with Crippen molar-refractivity contribution in [2.45, 2.75) is 20.3 Å². The number of aryl methyl sites for hydroxylation is 1. The number of anilines is 1. The van der Waals surface area contributed by atoms with Crippen LogP contribution < -0.4 is 5.32 Å². The summed E-state index contributed by atoms with van der Waals surface area (Å²) in [5, 5.41) is 4.59. The van der Waals surface area contributed by atoms with Crippen molar-refractivity contribution in [1.82, 2.24) is 4.98 Å². The Balaban J connectivity index is 2.08. The van der Waals surface area contributed by atoms with E-state index in [1.54, 1.807) is 17.5 Å². The Morgan fingerprint density at radius 1 is 1.44 bits per heavy atom. The van der Waals surface area contributed by atoms with Gasteiger partial charge in [0, 0.05) is 18.7 Å². The molecule has 2 heterocycles. The zero-order valence-corrected chi connectivity index (χ0v) is 10.8. The van der Waals surface area contributed by atoms with Gasteiger partial charge in [-0.3, -0.25) is 14.9 Å². The molecule has 0 fully saturated rings. The molecule has 0 aliphatic rings. The van der Waals surface area contributed by atoms with Crippen LogP contribution in [0.3, 0.4) is 0 Å². The summed E-state index contributed by atoms with van der Waals surface area (Å²) in [7, 11) is 0. The molecule has 0 saturated carbocycles. The van der Waals surface area contributed by atoms with Gasteiger partial charge in [0.15, 0.2) is 16.7 Å². The van der Waals surface area contributed by atoms with Crippen LogP contribution in [0, 0.1) is 0 Å². The largest absolute Gasteiger partial charge is 0.456 e. The molecule has 0 saturated heterocycles. The number of amides is 1. The van der Waals surface area contributed by atoms with Gasteiger partial charge in [0.25, 0.3) is 5.91 Å². The SMILES string of the molecule is CCc1ccc(C(=O)Nc2nc(C(C)=O)cs2)o1. The Labute approximate surface area is 108 Å². The highest BCUT2D eigenvalue weighted by atomic mass is 32.1. The van der Waals surface area contributed by atoms with Crippen LogP contribution in [-0.4, -0.2) is 16.7 Å². The van der Waals surface area contributed by atoms with Crippen molar-refractivity contribution in [3.8, 4) is 0 Å². The summed E-state index contributed by atoms with van der Waals surface area (Å²) < 4.78 is 5.32. The number of thiazole rings is 1. The van der Waals surface area contributed by atoms with Gasteiger partial charge in [-0.25, -0.2) is 4.98 Å². The molecule has 0 atom stereocenters. The summed E-state index contributed by atoms with van der Waals surface area (Å²) in [6, 6.07) is 3.38. The van der Waals surface area contributed by atoms with E-state index in [0.717, 1.165) is 12.2 Å². The molecule has 0 radical (unpaired) electrons. The third-order valence-electron chi connectivity index (χ3n) is 2.32. The first-order valence-electron chi connectivity index (χ1n) is 5.46. The number of Topliss-reactive ketones (excluding diaryl/α,β-unsaturated/α-hetero) is 1. The third-order valence-corrected chi connectivity index (χ3v) is 3.08. The van der Waals surface area contributed by atoms with Crippen molar-refractivity contribution in [2.75, 3.05) is 5.32 Å². The second kappa shape index (κ2) is 5.14. The molecule has 94 valence electrons. The molecule has 0 bridgehead atoms. The highest BCUT2D eigenvalue weighted by Crippen LogP contribution is 2.17.